The van der Waals surface area contributed by atoms with Crippen LogP contribution < -0.4 is 10.1 Å². The second-order valence-electron chi connectivity index (χ2n) is 5.07. The summed E-state index contributed by atoms with van der Waals surface area (Å²) < 4.78 is 9.95. The summed E-state index contributed by atoms with van der Waals surface area (Å²) in [6.07, 6.45) is 1.56. The SMILES string of the molecule is C=CCN(CC(=O)Nc1cc(C)on1)C(=O)c1ccc(OC)cc1. The Kier molecular flexibility index (Phi) is 5.73. The lowest BCUT2D eigenvalue weighted by molar-refractivity contribution is -0.116. The third-order valence-electron chi connectivity index (χ3n) is 3.20. The Morgan fingerprint density at radius 1 is 1.38 bits per heavy atom. The molecule has 0 saturated heterocycles. The first-order valence-electron chi connectivity index (χ1n) is 7.31. The average molecular weight is 329 g/mol. The number of carbonyl (C=O) groups is 2. The smallest absolute Gasteiger partial charge is 0.254 e. The largest absolute Gasteiger partial charge is 0.497 e. The van der Waals surface area contributed by atoms with Crippen molar-refractivity contribution in [3.05, 3.63) is 54.3 Å². The molecule has 2 amide bonds. The molecule has 0 atom stereocenters. The van der Waals surface area contributed by atoms with Gasteiger partial charge in [0.05, 0.1) is 7.11 Å². The maximum atomic E-state index is 12.5. The fraction of sp³-hybridized carbons (Fsp3) is 0.235. The first-order valence-corrected chi connectivity index (χ1v) is 7.31. The van der Waals surface area contributed by atoms with Crippen LogP contribution in [-0.2, 0) is 4.79 Å². The fourth-order valence-electron chi connectivity index (χ4n) is 2.07. The van der Waals surface area contributed by atoms with Crippen molar-refractivity contribution in [2.45, 2.75) is 6.92 Å². The first kappa shape index (κ1) is 17.3. The number of amides is 2. The van der Waals surface area contributed by atoms with Crippen molar-refractivity contribution in [1.29, 1.82) is 0 Å². The summed E-state index contributed by atoms with van der Waals surface area (Å²) in [7, 11) is 1.55. The number of aromatic nitrogens is 1. The van der Waals surface area contributed by atoms with Crippen LogP contribution in [-0.4, -0.2) is 42.1 Å². The highest BCUT2D eigenvalue weighted by atomic mass is 16.5. The van der Waals surface area contributed by atoms with E-state index in [1.54, 1.807) is 50.4 Å². The summed E-state index contributed by atoms with van der Waals surface area (Å²) in [6, 6.07) is 8.28. The van der Waals surface area contributed by atoms with E-state index in [1.165, 1.54) is 4.90 Å². The van der Waals surface area contributed by atoms with E-state index >= 15 is 0 Å². The normalized spacial score (nSPS) is 10.1. The average Bonchev–Trinajstić information content (AvgIpc) is 2.98. The van der Waals surface area contributed by atoms with Gasteiger partial charge in [0.25, 0.3) is 5.91 Å². The molecule has 7 heteroatoms. The highest BCUT2D eigenvalue weighted by molar-refractivity contribution is 5.99. The summed E-state index contributed by atoms with van der Waals surface area (Å²) in [6.45, 7) is 5.47. The molecule has 2 aromatic rings. The lowest BCUT2D eigenvalue weighted by atomic mass is 10.2. The minimum Gasteiger partial charge on any atom is -0.497 e. The number of rotatable bonds is 7. The summed E-state index contributed by atoms with van der Waals surface area (Å²) in [5.74, 6) is 0.910. The van der Waals surface area contributed by atoms with Crippen LogP contribution in [0.15, 0.2) is 47.5 Å². The van der Waals surface area contributed by atoms with E-state index in [9.17, 15) is 9.59 Å². The standard InChI is InChI=1S/C17H19N3O4/c1-4-9-20(11-16(21)18-15-10-12(2)24-19-15)17(22)13-5-7-14(23-3)8-6-13/h4-8,10H,1,9,11H2,2-3H3,(H,18,19,21). The van der Waals surface area contributed by atoms with Crippen molar-refractivity contribution in [2.24, 2.45) is 0 Å². The zero-order chi connectivity index (χ0) is 17.5. The van der Waals surface area contributed by atoms with E-state index in [1.807, 2.05) is 0 Å². The van der Waals surface area contributed by atoms with Crippen molar-refractivity contribution in [1.82, 2.24) is 10.1 Å². The van der Waals surface area contributed by atoms with Crippen LogP contribution in [0.1, 0.15) is 16.1 Å². The quantitative estimate of drug-likeness (QED) is 0.788. The number of benzene rings is 1. The molecule has 1 N–H and O–H groups in total. The topological polar surface area (TPSA) is 84.7 Å². The van der Waals surface area contributed by atoms with Gasteiger partial charge in [0.1, 0.15) is 18.1 Å². The summed E-state index contributed by atoms with van der Waals surface area (Å²) in [4.78, 5) is 26.0. The monoisotopic (exact) mass is 329 g/mol. The number of nitrogens with zero attached hydrogens (tertiary/aromatic N) is 2. The molecule has 0 unspecified atom stereocenters. The number of carbonyl (C=O) groups excluding carboxylic acids is 2. The predicted octanol–water partition coefficient (Wildman–Crippen LogP) is 2.26. The van der Waals surface area contributed by atoms with Crippen LogP contribution in [0, 0.1) is 6.92 Å². The summed E-state index contributed by atoms with van der Waals surface area (Å²) in [5.41, 5.74) is 0.461. The summed E-state index contributed by atoms with van der Waals surface area (Å²) >= 11 is 0. The second kappa shape index (κ2) is 7.96. The van der Waals surface area contributed by atoms with Crippen molar-refractivity contribution in [3.8, 4) is 5.75 Å². The number of methoxy groups -OCH3 is 1. The molecule has 0 spiro atoms. The molecule has 24 heavy (non-hydrogen) atoms. The Morgan fingerprint density at radius 3 is 2.62 bits per heavy atom. The van der Waals surface area contributed by atoms with Gasteiger partial charge in [-0.1, -0.05) is 11.2 Å². The van der Waals surface area contributed by atoms with E-state index in [0.717, 1.165) is 0 Å². The van der Waals surface area contributed by atoms with Crippen LogP contribution in [0.5, 0.6) is 5.75 Å². The minimum absolute atomic E-state index is 0.122. The molecular formula is C17H19N3O4. The number of anilines is 1. The predicted molar refractivity (Wildman–Crippen MR) is 89.0 cm³/mol. The molecule has 0 bridgehead atoms. The lowest BCUT2D eigenvalue weighted by Gasteiger charge is -2.20. The molecule has 0 radical (unpaired) electrons. The molecule has 0 aliphatic rings. The molecule has 0 fully saturated rings. The van der Waals surface area contributed by atoms with Crippen molar-refractivity contribution >= 4 is 17.6 Å². The Hall–Kier alpha value is -3.09. The van der Waals surface area contributed by atoms with Gasteiger partial charge in [-0.2, -0.15) is 0 Å². The number of hydrogen-bond acceptors (Lipinski definition) is 5. The number of hydrogen-bond donors (Lipinski definition) is 1. The zero-order valence-electron chi connectivity index (χ0n) is 13.6. The van der Waals surface area contributed by atoms with E-state index in [-0.39, 0.29) is 24.9 Å². The number of nitrogens with one attached hydrogen (secondary N) is 1. The van der Waals surface area contributed by atoms with E-state index in [4.69, 9.17) is 9.26 Å². The minimum atomic E-state index is -0.369. The maximum Gasteiger partial charge on any atom is 0.254 e. The van der Waals surface area contributed by atoms with Crippen molar-refractivity contribution in [3.63, 3.8) is 0 Å². The van der Waals surface area contributed by atoms with Gasteiger partial charge in [-0.05, 0) is 31.2 Å². The van der Waals surface area contributed by atoms with Crippen LogP contribution in [0.4, 0.5) is 5.82 Å². The second-order valence-corrected chi connectivity index (χ2v) is 5.07. The highest BCUT2D eigenvalue weighted by Crippen LogP contribution is 2.13. The Bertz CT molecular complexity index is 722. The molecule has 7 nitrogen and oxygen atoms in total. The van der Waals surface area contributed by atoms with Gasteiger partial charge in [-0.25, -0.2) is 0 Å². The zero-order valence-corrected chi connectivity index (χ0v) is 13.6. The summed E-state index contributed by atoms with van der Waals surface area (Å²) in [5, 5.41) is 6.27. The number of aryl methyl sites for hydroxylation is 1. The third kappa shape index (κ3) is 4.45. The molecule has 1 heterocycles. The van der Waals surface area contributed by atoms with Crippen LogP contribution in [0.3, 0.4) is 0 Å². The Morgan fingerprint density at radius 2 is 2.08 bits per heavy atom. The van der Waals surface area contributed by atoms with E-state index in [0.29, 0.717) is 22.9 Å². The molecule has 0 aliphatic carbocycles. The maximum absolute atomic E-state index is 12.5. The molecule has 0 saturated carbocycles. The molecule has 2 rings (SSSR count). The van der Waals surface area contributed by atoms with Crippen LogP contribution in [0.25, 0.3) is 0 Å². The molecule has 1 aromatic carbocycles. The first-order chi connectivity index (χ1) is 11.5. The van der Waals surface area contributed by atoms with Gasteiger partial charge < -0.3 is 19.5 Å². The Balaban J connectivity index is 2.05. The van der Waals surface area contributed by atoms with Crippen LogP contribution >= 0.6 is 0 Å². The highest BCUT2D eigenvalue weighted by Gasteiger charge is 2.18. The molecule has 1 aromatic heterocycles. The van der Waals surface area contributed by atoms with Gasteiger partial charge in [-0.3, -0.25) is 9.59 Å². The van der Waals surface area contributed by atoms with Gasteiger partial charge >= 0.3 is 0 Å². The van der Waals surface area contributed by atoms with Crippen LogP contribution in [0.2, 0.25) is 0 Å². The molecular weight excluding hydrogens is 310 g/mol. The molecule has 0 aliphatic heterocycles. The lowest BCUT2D eigenvalue weighted by Crippen LogP contribution is -2.38. The van der Waals surface area contributed by atoms with Gasteiger partial charge in [-0.15, -0.1) is 6.58 Å². The Labute approximate surface area is 139 Å². The van der Waals surface area contributed by atoms with Gasteiger partial charge in [0.15, 0.2) is 5.82 Å². The van der Waals surface area contributed by atoms with Gasteiger partial charge in [0, 0.05) is 18.2 Å². The van der Waals surface area contributed by atoms with Crippen molar-refractivity contribution < 1.29 is 18.8 Å². The van der Waals surface area contributed by atoms with E-state index in [2.05, 4.69) is 17.1 Å². The van der Waals surface area contributed by atoms with E-state index < -0.39 is 0 Å². The third-order valence-corrected chi connectivity index (χ3v) is 3.20. The molecule has 126 valence electrons. The number of ether oxygens (including phenoxy) is 1. The fourth-order valence-corrected chi connectivity index (χ4v) is 2.07. The van der Waals surface area contributed by atoms with Crippen molar-refractivity contribution in [2.75, 3.05) is 25.5 Å². The van der Waals surface area contributed by atoms with Gasteiger partial charge in [0.2, 0.25) is 5.91 Å².